The van der Waals surface area contributed by atoms with E-state index in [2.05, 4.69) is 39.1 Å². The zero-order valence-corrected chi connectivity index (χ0v) is 21.2. The Morgan fingerprint density at radius 1 is 1.14 bits per heavy atom. The van der Waals surface area contributed by atoms with Crippen molar-refractivity contribution < 1.29 is 9.53 Å². The Kier molecular flexibility index (Phi) is 6.13. The summed E-state index contributed by atoms with van der Waals surface area (Å²) in [5, 5.41) is 9.21. The SMILES string of the molecule is COc1ccc(CC(=O)N2CCC3(CC2)CN(C2CCc4cc(-c5cc(C#N)ccn5)ccc42)C3)nc1. The Morgan fingerprint density at radius 2 is 1.97 bits per heavy atom. The molecule has 1 aromatic carbocycles. The van der Waals surface area contributed by atoms with Crippen LogP contribution in [0.2, 0.25) is 0 Å². The van der Waals surface area contributed by atoms with Gasteiger partial charge in [-0.1, -0.05) is 12.1 Å². The Hall–Kier alpha value is -3.76. The summed E-state index contributed by atoms with van der Waals surface area (Å²) in [5.74, 6) is 0.873. The quantitative estimate of drug-likeness (QED) is 0.530. The molecule has 6 rings (SSSR count). The Morgan fingerprint density at radius 3 is 2.70 bits per heavy atom. The third-order valence-electron chi connectivity index (χ3n) is 8.43. The summed E-state index contributed by atoms with van der Waals surface area (Å²) in [4.78, 5) is 26.3. The number of ether oxygens (including phenoxy) is 1. The highest BCUT2D eigenvalue weighted by Crippen LogP contribution is 2.48. The number of pyridine rings is 2. The van der Waals surface area contributed by atoms with Crippen molar-refractivity contribution in [1.29, 1.82) is 5.26 Å². The topological polar surface area (TPSA) is 82.4 Å². The summed E-state index contributed by atoms with van der Waals surface area (Å²) in [5.41, 5.74) is 6.56. The summed E-state index contributed by atoms with van der Waals surface area (Å²) in [7, 11) is 1.62. The highest BCUT2D eigenvalue weighted by atomic mass is 16.5. The van der Waals surface area contributed by atoms with Crippen LogP contribution < -0.4 is 4.74 Å². The summed E-state index contributed by atoms with van der Waals surface area (Å²) in [6.45, 7) is 3.91. The van der Waals surface area contributed by atoms with E-state index in [9.17, 15) is 10.1 Å². The first-order valence-electron chi connectivity index (χ1n) is 13.1. The number of piperidine rings is 1. The fourth-order valence-corrected chi connectivity index (χ4v) is 6.28. The number of hydrogen-bond acceptors (Lipinski definition) is 6. The second kappa shape index (κ2) is 9.60. The maximum Gasteiger partial charge on any atom is 0.228 e. The van der Waals surface area contributed by atoms with Crippen molar-refractivity contribution in [2.24, 2.45) is 5.41 Å². The van der Waals surface area contributed by atoms with Gasteiger partial charge in [-0.25, -0.2) is 0 Å². The van der Waals surface area contributed by atoms with Crippen molar-refractivity contribution in [3.63, 3.8) is 0 Å². The number of hydrogen-bond donors (Lipinski definition) is 0. The number of likely N-dealkylation sites (tertiary alicyclic amines) is 2. The summed E-state index contributed by atoms with van der Waals surface area (Å²) < 4.78 is 5.15. The van der Waals surface area contributed by atoms with E-state index >= 15 is 0 Å². The van der Waals surface area contributed by atoms with Crippen molar-refractivity contribution in [3.8, 4) is 23.1 Å². The number of rotatable bonds is 5. The van der Waals surface area contributed by atoms with Crippen LogP contribution in [0.4, 0.5) is 0 Å². The van der Waals surface area contributed by atoms with E-state index < -0.39 is 0 Å². The van der Waals surface area contributed by atoms with Gasteiger partial charge in [-0.15, -0.1) is 0 Å². The number of methoxy groups -OCH3 is 1. The molecule has 2 saturated heterocycles. The molecule has 7 nitrogen and oxygen atoms in total. The van der Waals surface area contributed by atoms with Gasteiger partial charge in [-0.05, 0) is 72.6 Å². The molecule has 1 aliphatic carbocycles. The summed E-state index contributed by atoms with van der Waals surface area (Å²) in [6.07, 6.45) is 8.10. The summed E-state index contributed by atoms with van der Waals surface area (Å²) >= 11 is 0. The lowest BCUT2D eigenvalue weighted by Gasteiger charge is -2.56. The molecule has 4 heterocycles. The molecule has 1 atom stereocenters. The molecule has 0 saturated carbocycles. The Bertz CT molecular complexity index is 1350. The molecule has 2 aliphatic heterocycles. The zero-order chi connectivity index (χ0) is 25.4. The highest BCUT2D eigenvalue weighted by molar-refractivity contribution is 5.78. The van der Waals surface area contributed by atoms with Gasteiger partial charge in [-0.2, -0.15) is 5.26 Å². The van der Waals surface area contributed by atoms with Crippen molar-refractivity contribution >= 4 is 5.91 Å². The van der Waals surface area contributed by atoms with Gasteiger partial charge >= 0.3 is 0 Å². The van der Waals surface area contributed by atoms with Gasteiger partial charge in [0.1, 0.15) is 5.75 Å². The number of aryl methyl sites for hydroxylation is 1. The van der Waals surface area contributed by atoms with Crippen LogP contribution >= 0.6 is 0 Å². The molecule has 1 spiro atoms. The largest absolute Gasteiger partial charge is 0.495 e. The van der Waals surface area contributed by atoms with E-state index in [0.29, 0.717) is 29.2 Å². The third kappa shape index (κ3) is 4.58. The first kappa shape index (κ1) is 23.6. The molecular formula is C30H31N5O2. The lowest BCUT2D eigenvalue weighted by Crippen LogP contribution is -2.61. The lowest BCUT2D eigenvalue weighted by atomic mass is 9.71. The van der Waals surface area contributed by atoms with Crippen molar-refractivity contribution in [2.75, 3.05) is 33.3 Å². The molecule has 3 aliphatic rings. The molecule has 2 aromatic heterocycles. The van der Waals surface area contributed by atoms with Crippen LogP contribution in [0, 0.1) is 16.7 Å². The number of benzene rings is 1. The van der Waals surface area contributed by atoms with Gasteiger partial charge in [0.15, 0.2) is 0 Å². The fraction of sp³-hybridized carbons (Fsp3) is 0.400. The summed E-state index contributed by atoms with van der Waals surface area (Å²) in [6, 6.07) is 16.7. The van der Waals surface area contributed by atoms with Gasteiger partial charge in [0.05, 0.1) is 37.1 Å². The second-order valence-corrected chi connectivity index (χ2v) is 10.7. The van der Waals surface area contributed by atoms with E-state index in [1.165, 1.54) is 11.1 Å². The lowest BCUT2D eigenvalue weighted by molar-refractivity contribution is -0.136. The van der Waals surface area contributed by atoms with Gasteiger partial charge < -0.3 is 9.64 Å². The van der Waals surface area contributed by atoms with Crippen molar-refractivity contribution in [3.05, 3.63) is 77.2 Å². The Balaban J connectivity index is 1.04. The maximum atomic E-state index is 12.8. The first-order valence-corrected chi connectivity index (χ1v) is 13.1. The number of aromatic nitrogens is 2. The van der Waals surface area contributed by atoms with Crippen LogP contribution in [-0.2, 0) is 17.6 Å². The number of carbonyl (C=O) groups is 1. The first-order chi connectivity index (χ1) is 18.1. The molecule has 188 valence electrons. The second-order valence-electron chi connectivity index (χ2n) is 10.7. The Labute approximate surface area is 217 Å². The van der Waals surface area contributed by atoms with E-state index in [1.807, 2.05) is 23.1 Å². The number of fused-ring (bicyclic) bond motifs is 1. The molecule has 3 aromatic rings. The molecule has 37 heavy (non-hydrogen) atoms. The minimum atomic E-state index is 0.166. The van der Waals surface area contributed by atoms with Gasteiger partial charge in [0, 0.05) is 49.7 Å². The molecular weight excluding hydrogens is 462 g/mol. The molecule has 7 heteroatoms. The fourth-order valence-electron chi connectivity index (χ4n) is 6.28. The number of amides is 1. The zero-order valence-electron chi connectivity index (χ0n) is 21.2. The van der Waals surface area contributed by atoms with Gasteiger partial charge in [-0.3, -0.25) is 19.7 Å². The number of nitrogens with zero attached hydrogens (tertiary/aromatic N) is 5. The van der Waals surface area contributed by atoms with Crippen LogP contribution in [0.3, 0.4) is 0 Å². The maximum absolute atomic E-state index is 12.8. The number of carbonyl (C=O) groups excluding carboxylic acids is 1. The minimum absolute atomic E-state index is 0.166. The normalized spacial score (nSPS) is 20.2. The van der Waals surface area contributed by atoms with Gasteiger partial charge in [0.25, 0.3) is 0 Å². The molecule has 1 amide bonds. The average molecular weight is 494 g/mol. The van der Waals surface area contributed by atoms with E-state index in [1.54, 1.807) is 25.6 Å². The highest BCUT2D eigenvalue weighted by Gasteiger charge is 2.48. The smallest absolute Gasteiger partial charge is 0.228 e. The van der Waals surface area contributed by atoms with E-state index in [0.717, 1.165) is 68.8 Å². The van der Waals surface area contributed by atoms with Crippen molar-refractivity contribution in [2.45, 2.75) is 38.1 Å². The molecule has 0 radical (unpaired) electrons. The van der Waals surface area contributed by atoms with E-state index in [-0.39, 0.29) is 5.91 Å². The third-order valence-corrected chi connectivity index (χ3v) is 8.43. The van der Waals surface area contributed by atoms with Crippen LogP contribution in [-0.4, -0.2) is 59.0 Å². The van der Waals surface area contributed by atoms with Crippen LogP contribution in [0.15, 0.2) is 54.9 Å². The number of nitriles is 1. The van der Waals surface area contributed by atoms with Crippen LogP contribution in [0.25, 0.3) is 11.3 Å². The minimum Gasteiger partial charge on any atom is -0.495 e. The molecule has 0 N–H and O–H groups in total. The van der Waals surface area contributed by atoms with E-state index in [4.69, 9.17) is 4.74 Å². The van der Waals surface area contributed by atoms with Crippen LogP contribution in [0.5, 0.6) is 5.75 Å². The average Bonchev–Trinajstić information content (AvgIpc) is 3.35. The monoisotopic (exact) mass is 493 g/mol. The van der Waals surface area contributed by atoms with Gasteiger partial charge in [0.2, 0.25) is 5.91 Å². The molecule has 0 bridgehead atoms. The predicted molar refractivity (Wildman–Crippen MR) is 140 cm³/mol. The standard InChI is InChI=1S/C30H31N5O2/c1-37-25-5-4-24(33-18-25)16-29(36)34-12-9-30(10-13-34)19-35(20-30)28-7-3-22-15-23(2-6-26(22)28)27-14-21(17-31)8-11-32-27/h2,4-6,8,11,14-15,18,28H,3,7,9-10,12-13,16,19-20H2,1H3. The predicted octanol–water partition coefficient (Wildman–Crippen LogP) is 4.18. The molecule has 1 unspecified atom stereocenters. The van der Waals surface area contributed by atoms with Crippen molar-refractivity contribution in [1.82, 2.24) is 19.8 Å². The molecule has 2 fully saturated rings. The van der Waals surface area contributed by atoms with Crippen LogP contribution in [0.1, 0.15) is 47.7 Å².